The number of carbonyl (C=O) groups excluding carboxylic acids is 1. The van der Waals surface area contributed by atoms with Crippen molar-refractivity contribution in [3.8, 4) is 22.1 Å². The van der Waals surface area contributed by atoms with Crippen LogP contribution in [0.1, 0.15) is 35.7 Å². The van der Waals surface area contributed by atoms with Crippen LogP contribution in [-0.4, -0.2) is 42.2 Å². The van der Waals surface area contributed by atoms with Crippen molar-refractivity contribution < 1.29 is 14.3 Å². The third kappa shape index (κ3) is 4.64. The summed E-state index contributed by atoms with van der Waals surface area (Å²) in [6.07, 6.45) is 2.72. The van der Waals surface area contributed by atoms with Crippen LogP contribution in [-0.2, 0) is 11.2 Å². The van der Waals surface area contributed by atoms with E-state index in [1.807, 2.05) is 23.6 Å². The number of likely N-dealkylation sites (tertiary alicyclic amines) is 1. The highest BCUT2D eigenvalue weighted by atomic mass is 32.1. The number of rotatable bonds is 7. The summed E-state index contributed by atoms with van der Waals surface area (Å²) in [5, 5.41) is 5.98. The highest BCUT2D eigenvalue weighted by molar-refractivity contribution is 7.13. The summed E-state index contributed by atoms with van der Waals surface area (Å²) in [4.78, 5) is 19.9. The zero-order valence-corrected chi connectivity index (χ0v) is 19.0. The van der Waals surface area contributed by atoms with Crippen LogP contribution in [0.25, 0.3) is 10.6 Å². The molecule has 1 N–H and O–H groups in total. The Balaban J connectivity index is 1.22. The van der Waals surface area contributed by atoms with Gasteiger partial charge < -0.3 is 14.8 Å². The first-order chi connectivity index (χ1) is 15.7. The van der Waals surface area contributed by atoms with E-state index >= 15 is 0 Å². The van der Waals surface area contributed by atoms with Crippen LogP contribution >= 0.6 is 11.3 Å². The minimum absolute atomic E-state index is 0.00356. The standard InChI is InChI=1S/C25H27N3O3S/c1-17-4-6-18(7-5-17)21(28-10-2-3-11-28)14-26-24(29)13-20-15-32-25(27-20)19-8-9-22-23(12-19)31-16-30-22/h4-9,12,15,21H,2-3,10-11,13-14,16H2,1H3,(H,26,29). The molecule has 3 heterocycles. The molecule has 1 unspecified atom stereocenters. The number of fused-ring (bicyclic) bond motifs is 1. The number of ether oxygens (including phenoxy) is 2. The van der Waals surface area contributed by atoms with Gasteiger partial charge in [-0.25, -0.2) is 4.98 Å². The van der Waals surface area contributed by atoms with E-state index in [-0.39, 0.29) is 25.2 Å². The monoisotopic (exact) mass is 449 g/mol. The Morgan fingerprint density at radius 3 is 2.72 bits per heavy atom. The summed E-state index contributed by atoms with van der Waals surface area (Å²) in [5.41, 5.74) is 4.27. The average Bonchev–Trinajstić information content (AvgIpc) is 3.56. The molecule has 0 saturated carbocycles. The molecule has 2 aromatic carbocycles. The number of aromatic nitrogens is 1. The second-order valence-electron chi connectivity index (χ2n) is 8.36. The smallest absolute Gasteiger partial charge is 0.231 e. The zero-order chi connectivity index (χ0) is 21.9. The number of nitrogens with one attached hydrogen (secondary N) is 1. The fourth-order valence-electron chi connectivity index (χ4n) is 4.29. The Labute approximate surface area is 192 Å². The Morgan fingerprint density at radius 1 is 1.12 bits per heavy atom. The summed E-state index contributed by atoms with van der Waals surface area (Å²) >= 11 is 1.54. The van der Waals surface area contributed by atoms with Crippen LogP contribution < -0.4 is 14.8 Å². The first-order valence-corrected chi connectivity index (χ1v) is 12.0. The van der Waals surface area contributed by atoms with E-state index in [2.05, 4.69) is 46.4 Å². The van der Waals surface area contributed by atoms with Crippen molar-refractivity contribution in [2.45, 2.75) is 32.2 Å². The van der Waals surface area contributed by atoms with E-state index in [0.29, 0.717) is 6.54 Å². The lowest BCUT2D eigenvalue weighted by Gasteiger charge is -2.28. The van der Waals surface area contributed by atoms with Gasteiger partial charge in [0.05, 0.1) is 18.2 Å². The number of benzene rings is 2. The van der Waals surface area contributed by atoms with Gasteiger partial charge in [0.15, 0.2) is 11.5 Å². The Hall–Kier alpha value is -2.90. The molecule has 3 aromatic rings. The normalized spacial score (nSPS) is 16.3. The maximum Gasteiger partial charge on any atom is 0.231 e. The second-order valence-corrected chi connectivity index (χ2v) is 9.22. The number of hydrogen-bond donors (Lipinski definition) is 1. The van der Waals surface area contributed by atoms with Gasteiger partial charge >= 0.3 is 0 Å². The van der Waals surface area contributed by atoms with Crippen LogP contribution in [0.15, 0.2) is 47.8 Å². The number of carbonyl (C=O) groups is 1. The molecule has 1 saturated heterocycles. The molecule has 7 heteroatoms. The van der Waals surface area contributed by atoms with Crippen molar-refractivity contribution in [2.75, 3.05) is 26.4 Å². The highest BCUT2D eigenvalue weighted by Gasteiger charge is 2.24. The number of amides is 1. The van der Waals surface area contributed by atoms with Crippen molar-refractivity contribution in [3.63, 3.8) is 0 Å². The molecule has 6 nitrogen and oxygen atoms in total. The van der Waals surface area contributed by atoms with Crippen molar-refractivity contribution in [1.82, 2.24) is 15.2 Å². The summed E-state index contributed by atoms with van der Waals surface area (Å²) in [7, 11) is 0. The molecule has 1 atom stereocenters. The number of nitrogens with zero attached hydrogens (tertiary/aromatic N) is 2. The van der Waals surface area contributed by atoms with Crippen LogP contribution in [0.4, 0.5) is 0 Å². The molecule has 1 aromatic heterocycles. The third-order valence-corrected chi connectivity index (χ3v) is 6.99. The third-order valence-electron chi connectivity index (χ3n) is 6.05. The summed E-state index contributed by atoms with van der Waals surface area (Å²) in [6.45, 7) is 5.13. The van der Waals surface area contributed by atoms with Gasteiger partial charge in [-0.05, 0) is 56.6 Å². The van der Waals surface area contributed by atoms with Crippen LogP contribution in [0.2, 0.25) is 0 Å². The van der Waals surface area contributed by atoms with Crippen molar-refractivity contribution >= 4 is 17.2 Å². The summed E-state index contributed by atoms with van der Waals surface area (Å²) in [5.74, 6) is 1.50. The van der Waals surface area contributed by atoms with E-state index in [1.165, 1.54) is 35.3 Å². The fraction of sp³-hybridized carbons (Fsp3) is 0.360. The van der Waals surface area contributed by atoms with E-state index in [9.17, 15) is 4.79 Å². The van der Waals surface area contributed by atoms with Crippen LogP contribution in [0.5, 0.6) is 11.5 Å². The van der Waals surface area contributed by atoms with Gasteiger partial charge in [-0.15, -0.1) is 11.3 Å². The molecule has 0 aliphatic carbocycles. The minimum atomic E-state index is 0.00356. The molecule has 166 valence electrons. The summed E-state index contributed by atoms with van der Waals surface area (Å²) < 4.78 is 10.8. The van der Waals surface area contributed by atoms with Gasteiger partial charge in [-0.1, -0.05) is 29.8 Å². The molecule has 0 spiro atoms. The van der Waals surface area contributed by atoms with E-state index in [0.717, 1.165) is 40.9 Å². The molecular weight excluding hydrogens is 422 g/mol. The number of thiazole rings is 1. The quantitative estimate of drug-likeness (QED) is 0.581. The van der Waals surface area contributed by atoms with Gasteiger partial charge in [0, 0.05) is 17.5 Å². The molecule has 2 aliphatic rings. The SMILES string of the molecule is Cc1ccc(C(CNC(=O)Cc2csc(-c3ccc4c(c3)OCO4)n2)N2CCCC2)cc1. The van der Waals surface area contributed by atoms with Crippen LogP contribution in [0, 0.1) is 6.92 Å². The minimum Gasteiger partial charge on any atom is -0.454 e. The molecule has 32 heavy (non-hydrogen) atoms. The average molecular weight is 450 g/mol. The van der Waals surface area contributed by atoms with Crippen molar-refractivity contribution in [3.05, 3.63) is 64.7 Å². The Kier molecular flexibility index (Phi) is 6.10. The lowest BCUT2D eigenvalue weighted by Crippen LogP contribution is -2.37. The Morgan fingerprint density at radius 2 is 1.91 bits per heavy atom. The fourth-order valence-corrected chi connectivity index (χ4v) is 5.10. The predicted octanol–water partition coefficient (Wildman–Crippen LogP) is 4.34. The Bertz CT molecular complexity index is 1090. The molecule has 5 rings (SSSR count). The number of hydrogen-bond acceptors (Lipinski definition) is 6. The lowest BCUT2D eigenvalue weighted by molar-refractivity contribution is -0.120. The van der Waals surface area contributed by atoms with Crippen molar-refractivity contribution in [1.29, 1.82) is 0 Å². The van der Waals surface area contributed by atoms with Crippen molar-refractivity contribution in [2.24, 2.45) is 0 Å². The maximum absolute atomic E-state index is 12.7. The number of aryl methyl sites for hydroxylation is 1. The van der Waals surface area contributed by atoms with Gasteiger partial charge in [0.25, 0.3) is 0 Å². The lowest BCUT2D eigenvalue weighted by atomic mass is 10.0. The van der Waals surface area contributed by atoms with Gasteiger partial charge in [0.2, 0.25) is 12.7 Å². The maximum atomic E-state index is 12.7. The van der Waals surface area contributed by atoms with E-state index < -0.39 is 0 Å². The summed E-state index contributed by atoms with van der Waals surface area (Å²) in [6, 6.07) is 14.7. The highest BCUT2D eigenvalue weighted by Crippen LogP contribution is 2.36. The second kappa shape index (κ2) is 9.30. The molecule has 0 bridgehead atoms. The topological polar surface area (TPSA) is 63.7 Å². The largest absolute Gasteiger partial charge is 0.454 e. The van der Waals surface area contributed by atoms with Gasteiger partial charge in [-0.2, -0.15) is 0 Å². The van der Waals surface area contributed by atoms with Crippen LogP contribution in [0.3, 0.4) is 0 Å². The zero-order valence-electron chi connectivity index (χ0n) is 18.2. The van der Waals surface area contributed by atoms with E-state index in [1.54, 1.807) is 0 Å². The van der Waals surface area contributed by atoms with Gasteiger partial charge in [0.1, 0.15) is 5.01 Å². The van der Waals surface area contributed by atoms with E-state index in [4.69, 9.17) is 9.47 Å². The molecule has 0 radical (unpaired) electrons. The molecule has 2 aliphatic heterocycles. The predicted molar refractivity (Wildman–Crippen MR) is 125 cm³/mol. The molecular formula is C25H27N3O3S. The molecule has 1 amide bonds. The molecule has 1 fully saturated rings. The first-order valence-electron chi connectivity index (χ1n) is 11.1. The first kappa shape index (κ1) is 21.0. The van der Waals surface area contributed by atoms with Gasteiger partial charge in [-0.3, -0.25) is 9.69 Å².